The molecule has 0 aliphatic carbocycles. The molecule has 1 amide bonds. The van der Waals surface area contributed by atoms with Crippen molar-refractivity contribution in [3.8, 4) is 5.69 Å². The predicted octanol–water partition coefficient (Wildman–Crippen LogP) is 4.39. The predicted molar refractivity (Wildman–Crippen MR) is 93.5 cm³/mol. The zero-order valence-corrected chi connectivity index (χ0v) is 14.4. The van der Waals surface area contributed by atoms with Crippen LogP contribution in [-0.2, 0) is 0 Å². The van der Waals surface area contributed by atoms with Gasteiger partial charge in [0.25, 0.3) is 5.91 Å². The monoisotopic (exact) mass is 345 g/mol. The molecule has 1 aromatic carbocycles. The van der Waals surface area contributed by atoms with E-state index in [-0.39, 0.29) is 11.9 Å². The number of benzene rings is 1. The topological polar surface area (TPSA) is 46.9 Å². The highest BCUT2D eigenvalue weighted by Gasteiger charge is 2.19. The van der Waals surface area contributed by atoms with Crippen LogP contribution >= 0.6 is 22.9 Å². The van der Waals surface area contributed by atoms with E-state index in [9.17, 15) is 4.79 Å². The summed E-state index contributed by atoms with van der Waals surface area (Å²) >= 11 is 7.35. The number of hydrogen-bond acceptors (Lipinski definition) is 3. The second kappa shape index (κ2) is 6.56. The second-order valence-corrected chi connectivity index (χ2v) is 6.55. The van der Waals surface area contributed by atoms with Crippen molar-refractivity contribution in [3.05, 3.63) is 69.1 Å². The van der Waals surface area contributed by atoms with Gasteiger partial charge >= 0.3 is 0 Å². The summed E-state index contributed by atoms with van der Waals surface area (Å²) in [7, 11) is 0. The van der Waals surface area contributed by atoms with E-state index in [1.54, 1.807) is 17.6 Å². The zero-order valence-electron chi connectivity index (χ0n) is 12.8. The van der Waals surface area contributed by atoms with Gasteiger partial charge < -0.3 is 5.32 Å². The van der Waals surface area contributed by atoms with Crippen LogP contribution in [0.25, 0.3) is 5.69 Å². The van der Waals surface area contributed by atoms with Crippen LogP contribution in [0.15, 0.2) is 48.0 Å². The van der Waals surface area contributed by atoms with E-state index >= 15 is 0 Å². The fourth-order valence-corrected chi connectivity index (χ4v) is 3.52. The van der Waals surface area contributed by atoms with Crippen LogP contribution in [0.2, 0.25) is 5.02 Å². The van der Waals surface area contributed by atoms with Crippen LogP contribution in [0.4, 0.5) is 0 Å². The summed E-state index contributed by atoms with van der Waals surface area (Å²) in [5.74, 6) is -0.163. The lowest BCUT2D eigenvalue weighted by Gasteiger charge is -2.14. The molecular weight excluding hydrogens is 330 g/mol. The Kier molecular flexibility index (Phi) is 4.50. The normalized spacial score (nSPS) is 12.1. The molecule has 1 atom stereocenters. The van der Waals surface area contributed by atoms with Crippen molar-refractivity contribution in [1.29, 1.82) is 0 Å². The molecule has 118 valence electrons. The first-order chi connectivity index (χ1) is 11.1. The Morgan fingerprint density at radius 2 is 2.04 bits per heavy atom. The van der Waals surface area contributed by atoms with E-state index in [4.69, 9.17) is 11.6 Å². The van der Waals surface area contributed by atoms with Gasteiger partial charge in [0.05, 0.1) is 22.9 Å². The molecule has 0 saturated carbocycles. The van der Waals surface area contributed by atoms with Gasteiger partial charge in [0.1, 0.15) is 4.88 Å². The van der Waals surface area contributed by atoms with Gasteiger partial charge in [-0.3, -0.25) is 4.79 Å². The molecular formula is C17H16ClN3OS. The van der Waals surface area contributed by atoms with Crippen molar-refractivity contribution in [1.82, 2.24) is 15.1 Å². The van der Waals surface area contributed by atoms with Crippen LogP contribution in [-0.4, -0.2) is 15.7 Å². The number of nitrogens with zero attached hydrogens (tertiary/aromatic N) is 2. The molecule has 0 radical (unpaired) electrons. The van der Waals surface area contributed by atoms with E-state index in [2.05, 4.69) is 10.4 Å². The molecule has 1 unspecified atom stereocenters. The zero-order chi connectivity index (χ0) is 16.4. The smallest absolute Gasteiger partial charge is 0.263 e. The highest BCUT2D eigenvalue weighted by atomic mass is 35.5. The van der Waals surface area contributed by atoms with E-state index in [1.165, 1.54) is 11.3 Å². The number of para-hydroxylation sites is 1. The lowest BCUT2D eigenvalue weighted by atomic mass is 10.1. The van der Waals surface area contributed by atoms with Crippen molar-refractivity contribution in [2.24, 2.45) is 0 Å². The Morgan fingerprint density at radius 1 is 1.30 bits per heavy atom. The largest absolute Gasteiger partial charge is 0.345 e. The molecule has 6 heteroatoms. The maximum absolute atomic E-state index is 12.3. The summed E-state index contributed by atoms with van der Waals surface area (Å²) in [6.45, 7) is 3.94. The van der Waals surface area contributed by atoms with Gasteiger partial charge in [-0.05, 0) is 37.4 Å². The van der Waals surface area contributed by atoms with Crippen molar-refractivity contribution in [3.63, 3.8) is 0 Å². The number of amides is 1. The molecule has 2 heterocycles. The van der Waals surface area contributed by atoms with E-state index in [0.29, 0.717) is 9.90 Å². The van der Waals surface area contributed by atoms with E-state index in [0.717, 1.165) is 16.9 Å². The maximum atomic E-state index is 12.3. The van der Waals surface area contributed by atoms with Gasteiger partial charge in [0, 0.05) is 11.3 Å². The minimum Gasteiger partial charge on any atom is -0.345 e. The molecule has 0 fully saturated rings. The summed E-state index contributed by atoms with van der Waals surface area (Å²) in [4.78, 5) is 12.8. The van der Waals surface area contributed by atoms with Crippen LogP contribution < -0.4 is 5.32 Å². The first-order valence-corrected chi connectivity index (χ1v) is 8.47. The number of carbonyl (C=O) groups excluding carboxylic acids is 1. The van der Waals surface area contributed by atoms with Crippen molar-refractivity contribution in [2.45, 2.75) is 19.9 Å². The number of halogens is 1. The van der Waals surface area contributed by atoms with Crippen LogP contribution in [0.5, 0.6) is 0 Å². The lowest BCUT2D eigenvalue weighted by Crippen LogP contribution is -2.26. The average Bonchev–Trinajstić information content (AvgIpc) is 3.14. The Bertz CT molecular complexity index is 825. The SMILES string of the molecule is Cc1c(C(C)NC(=O)c2sccc2Cl)cnn1-c1ccccc1. The Morgan fingerprint density at radius 3 is 2.70 bits per heavy atom. The standard InChI is InChI=1S/C17H16ClN3OS/c1-11(20-17(22)16-15(18)8-9-23-16)14-10-19-21(12(14)2)13-6-4-3-5-7-13/h3-11H,1-2H3,(H,20,22). The lowest BCUT2D eigenvalue weighted by molar-refractivity contribution is 0.0944. The van der Waals surface area contributed by atoms with Gasteiger partial charge in [0.2, 0.25) is 0 Å². The molecule has 4 nitrogen and oxygen atoms in total. The summed E-state index contributed by atoms with van der Waals surface area (Å²) < 4.78 is 1.87. The van der Waals surface area contributed by atoms with Crippen LogP contribution in [0, 0.1) is 6.92 Å². The average molecular weight is 346 g/mol. The molecule has 3 rings (SSSR count). The number of aromatic nitrogens is 2. The third-order valence-electron chi connectivity index (χ3n) is 3.69. The molecule has 0 bridgehead atoms. The molecule has 0 aliphatic heterocycles. The molecule has 3 aromatic rings. The quantitative estimate of drug-likeness (QED) is 0.762. The first kappa shape index (κ1) is 15.8. The number of thiophene rings is 1. The summed E-state index contributed by atoms with van der Waals surface area (Å²) in [5, 5.41) is 9.70. The highest BCUT2D eigenvalue weighted by Crippen LogP contribution is 2.24. The Balaban J connectivity index is 1.81. The van der Waals surface area contributed by atoms with Crippen LogP contribution in [0.1, 0.15) is 33.9 Å². The van der Waals surface area contributed by atoms with Crippen molar-refractivity contribution < 1.29 is 4.79 Å². The molecule has 0 spiro atoms. The Hall–Kier alpha value is -2.11. The second-order valence-electron chi connectivity index (χ2n) is 5.23. The van der Waals surface area contributed by atoms with E-state index < -0.39 is 0 Å². The number of nitrogens with one attached hydrogen (secondary N) is 1. The number of rotatable bonds is 4. The van der Waals surface area contributed by atoms with Gasteiger partial charge in [-0.25, -0.2) is 4.68 Å². The van der Waals surface area contributed by atoms with Gasteiger partial charge in [0.15, 0.2) is 0 Å². The van der Waals surface area contributed by atoms with Gasteiger partial charge in [-0.2, -0.15) is 5.10 Å². The number of hydrogen-bond donors (Lipinski definition) is 1. The third-order valence-corrected chi connectivity index (χ3v) is 5.03. The molecule has 23 heavy (non-hydrogen) atoms. The van der Waals surface area contributed by atoms with Crippen molar-refractivity contribution >= 4 is 28.8 Å². The fourth-order valence-electron chi connectivity index (χ4n) is 2.47. The minimum absolute atomic E-state index is 0.155. The maximum Gasteiger partial charge on any atom is 0.263 e. The summed E-state index contributed by atoms with van der Waals surface area (Å²) in [6, 6.07) is 11.5. The summed E-state index contributed by atoms with van der Waals surface area (Å²) in [6.07, 6.45) is 1.79. The number of carbonyl (C=O) groups is 1. The summed E-state index contributed by atoms with van der Waals surface area (Å²) in [5.41, 5.74) is 2.98. The van der Waals surface area contributed by atoms with Crippen LogP contribution in [0.3, 0.4) is 0 Å². The van der Waals surface area contributed by atoms with Crippen molar-refractivity contribution in [2.75, 3.05) is 0 Å². The van der Waals surface area contributed by atoms with Gasteiger partial charge in [-0.15, -0.1) is 11.3 Å². The first-order valence-electron chi connectivity index (χ1n) is 7.21. The third kappa shape index (κ3) is 3.16. The van der Waals surface area contributed by atoms with Gasteiger partial charge in [-0.1, -0.05) is 29.8 Å². The molecule has 0 saturated heterocycles. The highest BCUT2D eigenvalue weighted by molar-refractivity contribution is 7.12. The molecule has 0 aliphatic rings. The Labute approximate surface area is 143 Å². The van der Waals surface area contributed by atoms with E-state index in [1.807, 2.05) is 48.9 Å². The fraction of sp³-hybridized carbons (Fsp3) is 0.176. The minimum atomic E-state index is -0.163. The molecule has 2 aromatic heterocycles. The molecule has 1 N–H and O–H groups in total.